The lowest BCUT2D eigenvalue weighted by Crippen LogP contribution is -2.34. The molecule has 0 radical (unpaired) electrons. The van der Waals surface area contributed by atoms with Crippen LogP contribution < -0.4 is 5.32 Å². The minimum absolute atomic E-state index is 0.0130. The SMILES string of the molecule is O=C(Cc1ccccc1F)N[C@@H]1CC[C@H](C(=O)O)C1. The van der Waals surface area contributed by atoms with Crippen molar-refractivity contribution in [3.05, 3.63) is 35.6 Å². The first-order valence-corrected chi connectivity index (χ1v) is 6.32. The van der Waals surface area contributed by atoms with Crippen molar-refractivity contribution in [3.8, 4) is 0 Å². The zero-order chi connectivity index (χ0) is 13.8. The first-order valence-electron chi connectivity index (χ1n) is 6.32. The number of nitrogens with one attached hydrogen (secondary N) is 1. The summed E-state index contributed by atoms with van der Waals surface area (Å²) in [6.07, 6.45) is 1.69. The summed E-state index contributed by atoms with van der Waals surface area (Å²) in [5.41, 5.74) is 0.354. The lowest BCUT2D eigenvalue weighted by molar-refractivity contribution is -0.141. The van der Waals surface area contributed by atoms with E-state index in [0.29, 0.717) is 24.8 Å². The highest BCUT2D eigenvalue weighted by atomic mass is 19.1. The van der Waals surface area contributed by atoms with Gasteiger partial charge in [-0.1, -0.05) is 18.2 Å². The summed E-state index contributed by atoms with van der Waals surface area (Å²) in [7, 11) is 0. The van der Waals surface area contributed by atoms with Crippen LogP contribution in [0.3, 0.4) is 0 Å². The molecule has 2 rings (SSSR count). The molecule has 5 heteroatoms. The van der Waals surface area contributed by atoms with Gasteiger partial charge in [0.05, 0.1) is 12.3 Å². The Hall–Kier alpha value is -1.91. The molecule has 1 aromatic rings. The maximum Gasteiger partial charge on any atom is 0.306 e. The molecule has 0 heterocycles. The molecule has 1 amide bonds. The van der Waals surface area contributed by atoms with E-state index in [2.05, 4.69) is 5.32 Å². The van der Waals surface area contributed by atoms with Crippen LogP contribution in [0.1, 0.15) is 24.8 Å². The molecule has 4 nitrogen and oxygen atoms in total. The highest BCUT2D eigenvalue weighted by Crippen LogP contribution is 2.25. The summed E-state index contributed by atoms with van der Waals surface area (Å²) in [4.78, 5) is 22.6. The number of benzene rings is 1. The number of hydrogen-bond donors (Lipinski definition) is 2. The van der Waals surface area contributed by atoms with Gasteiger partial charge in [-0.15, -0.1) is 0 Å². The van der Waals surface area contributed by atoms with Crippen molar-refractivity contribution in [1.29, 1.82) is 0 Å². The quantitative estimate of drug-likeness (QED) is 0.871. The summed E-state index contributed by atoms with van der Waals surface area (Å²) in [6, 6.07) is 6.04. The monoisotopic (exact) mass is 265 g/mol. The molecule has 0 aliphatic heterocycles. The third kappa shape index (κ3) is 3.53. The van der Waals surface area contributed by atoms with Crippen molar-refractivity contribution >= 4 is 11.9 Å². The Labute approximate surface area is 110 Å². The van der Waals surface area contributed by atoms with E-state index in [9.17, 15) is 14.0 Å². The number of carboxylic acid groups (broad SMARTS) is 1. The first kappa shape index (κ1) is 13.5. The normalized spacial score (nSPS) is 22.2. The summed E-state index contributed by atoms with van der Waals surface area (Å²) < 4.78 is 13.4. The molecular formula is C14H16FNO3. The van der Waals surface area contributed by atoms with E-state index in [0.717, 1.165) is 0 Å². The zero-order valence-corrected chi connectivity index (χ0v) is 10.4. The van der Waals surface area contributed by atoms with Crippen molar-refractivity contribution in [1.82, 2.24) is 5.32 Å². The van der Waals surface area contributed by atoms with Gasteiger partial charge in [-0.25, -0.2) is 4.39 Å². The fourth-order valence-electron chi connectivity index (χ4n) is 2.43. The van der Waals surface area contributed by atoms with Crippen molar-refractivity contribution in [2.45, 2.75) is 31.7 Å². The zero-order valence-electron chi connectivity index (χ0n) is 10.4. The van der Waals surface area contributed by atoms with Crippen LogP contribution in [0.15, 0.2) is 24.3 Å². The molecular weight excluding hydrogens is 249 g/mol. The summed E-state index contributed by atoms with van der Waals surface area (Å²) in [5.74, 6) is -1.85. The Bertz CT molecular complexity index is 489. The van der Waals surface area contributed by atoms with E-state index in [1.54, 1.807) is 18.2 Å². The Morgan fingerprint density at radius 1 is 1.32 bits per heavy atom. The van der Waals surface area contributed by atoms with Crippen LogP contribution in [0.4, 0.5) is 4.39 Å². The van der Waals surface area contributed by atoms with Crippen molar-refractivity contribution in [3.63, 3.8) is 0 Å². The highest BCUT2D eigenvalue weighted by molar-refractivity contribution is 5.79. The molecule has 1 aliphatic carbocycles. The van der Waals surface area contributed by atoms with E-state index in [1.165, 1.54) is 6.07 Å². The molecule has 19 heavy (non-hydrogen) atoms. The number of halogens is 1. The minimum atomic E-state index is -0.814. The Morgan fingerprint density at radius 2 is 2.05 bits per heavy atom. The Balaban J connectivity index is 1.86. The van der Waals surface area contributed by atoms with Crippen molar-refractivity contribution in [2.24, 2.45) is 5.92 Å². The lowest BCUT2D eigenvalue weighted by atomic mass is 10.1. The van der Waals surface area contributed by atoms with Gasteiger partial charge in [-0.3, -0.25) is 9.59 Å². The van der Waals surface area contributed by atoms with Crippen LogP contribution in [-0.2, 0) is 16.0 Å². The van der Waals surface area contributed by atoms with E-state index < -0.39 is 11.8 Å². The van der Waals surface area contributed by atoms with Crippen molar-refractivity contribution in [2.75, 3.05) is 0 Å². The number of rotatable bonds is 4. The molecule has 0 aromatic heterocycles. The summed E-state index contributed by atoms with van der Waals surface area (Å²) in [5, 5.41) is 11.6. The second kappa shape index (κ2) is 5.82. The number of aliphatic carboxylic acids is 1. The average Bonchev–Trinajstić information content (AvgIpc) is 2.80. The molecule has 2 N–H and O–H groups in total. The molecule has 0 unspecified atom stereocenters. The Morgan fingerprint density at radius 3 is 2.68 bits per heavy atom. The molecule has 1 aromatic carbocycles. The van der Waals surface area contributed by atoms with Gasteiger partial charge in [-0.05, 0) is 30.9 Å². The van der Waals surface area contributed by atoms with E-state index >= 15 is 0 Å². The second-order valence-corrected chi connectivity index (χ2v) is 4.88. The predicted octanol–water partition coefficient (Wildman–Crippen LogP) is 1.74. The molecule has 1 saturated carbocycles. The predicted molar refractivity (Wildman–Crippen MR) is 67.0 cm³/mol. The smallest absolute Gasteiger partial charge is 0.306 e. The van der Waals surface area contributed by atoms with Crippen LogP contribution >= 0.6 is 0 Å². The molecule has 1 aliphatic rings. The number of amides is 1. The standard InChI is InChI=1S/C14H16FNO3/c15-12-4-2-1-3-9(12)8-13(17)16-11-6-5-10(7-11)14(18)19/h1-4,10-11H,5-8H2,(H,16,17)(H,18,19)/t10-,11+/m0/s1. The van der Waals surface area contributed by atoms with Gasteiger partial charge in [0.1, 0.15) is 5.82 Å². The number of carbonyl (C=O) groups is 2. The molecule has 0 spiro atoms. The largest absolute Gasteiger partial charge is 0.481 e. The number of carboxylic acids is 1. The van der Waals surface area contributed by atoms with Crippen LogP contribution in [0.5, 0.6) is 0 Å². The summed E-state index contributed by atoms with van der Waals surface area (Å²) >= 11 is 0. The maximum atomic E-state index is 13.4. The van der Waals surface area contributed by atoms with Gasteiger partial charge in [0, 0.05) is 6.04 Å². The minimum Gasteiger partial charge on any atom is -0.481 e. The van der Waals surface area contributed by atoms with Crippen LogP contribution in [0.2, 0.25) is 0 Å². The third-order valence-electron chi connectivity index (χ3n) is 3.46. The highest BCUT2D eigenvalue weighted by Gasteiger charge is 2.30. The second-order valence-electron chi connectivity index (χ2n) is 4.88. The first-order chi connectivity index (χ1) is 9.06. The molecule has 2 atom stereocenters. The van der Waals surface area contributed by atoms with Crippen LogP contribution in [-0.4, -0.2) is 23.0 Å². The van der Waals surface area contributed by atoms with E-state index in [-0.39, 0.29) is 24.3 Å². The average molecular weight is 265 g/mol. The molecule has 102 valence electrons. The van der Waals surface area contributed by atoms with Gasteiger partial charge in [0.25, 0.3) is 0 Å². The van der Waals surface area contributed by atoms with Crippen LogP contribution in [0, 0.1) is 11.7 Å². The fourth-order valence-corrected chi connectivity index (χ4v) is 2.43. The van der Waals surface area contributed by atoms with Crippen molar-refractivity contribution < 1.29 is 19.1 Å². The molecule has 1 fully saturated rings. The summed E-state index contributed by atoms with van der Waals surface area (Å²) in [6.45, 7) is 0. The molecule has 0 bridgehead atoms. The van der Waals surface area contributed by atoms with Gasteiger partial charge in [0.2, 0.25) is 5.91 Å². The maximum absolute atomic E-state index is 13.4. The number of carbonyl (C=O) groups excluding carboxylic acids is 1. The van der Waals surface area contributed by atoms with Gasteiger partial charge >= 0.3 is 5.97 Å². The van der Waals surface area contributed by atoms with E-state index in [1.807, 2.05) is 0 Å². The Kier molecular flexibility index (Phi) is 4.14. The topological polar surface area (TPSA) is 66.4 Å². The van der Waals surface area contributed by atoms with E-state index in [4.69, 9.17) is 5.11 Å². The van der Waals surface area contributed by atoms with Gasteiger partial charge in [-0.2, -0.15) is 0 Å². The van der Waals surface area contributed by atoms with Crippen LogP contribution in [0.25, 0.3) is 0 Å². The van der Waals surface area contributed by atoms with Gasteiger partial charge in [0.15, 0.2) is 0 Å². The lowest BCUT2D eigenvalue weighted by Gasteiger charge is -2.12. The number of hydrogen-bond acceptors (Lipinski definition) is 2. The fraction of sp³-hybridized carbons (Fsp3) is 0.429. The molecule has 0 saturated heterocycles. The third-order valence-corrected chi connectivity index (χ3v) is 3.46. The van der Waals surface area contributed by atoms with Gasteiger partial charge < -0.3 is 10.4 Å².